The van der Waals surface area contributed by atoms with Crippen molar-refractivity contribution in [3.8, 4) is 0 Å². The molecule has 7 heteroatoms. The molecule has 0 amide bonds. The van der Waals surface area contributed by atoms with Gasteiger partial charge in [-0.15, -0.1) is 0 Å². The fraction of sp³-hybridized carbons (Fsp3) is 0.500. The molecule has 0 radical (unpaired) electrons. The maximum Gasteiger partial charge on any atom is 0.155 e. The lowest BCUT2D eigenvalue weighted by atomic mass is 9.75. The molecule has 0 bridgehead atoms. The van der Waals surface area contributed by atoms with E-state index < -0.39 is 0 Å². The number of hydrogen-bond donors (Lipinski definition) is 0. The zero-order valence-corrected chi connectivity index (χ0v) is 19.2. The Hall–Kier alpha value is -1.99. The van der Waals surface area contributed by atoms with Crippen LogP contribution in [-0.4, -0.2) is 41.2 Å². The number of hydrogen-bond acceptors (Lipinski definition) is 5. The van der Waals surface area contributed by atoms with Gasteiger partial charge in [-0.3, -0.25) is 0 Å². The van der Waals surface area contributed by atoms with Crippen LogP contribution in [0.4, 0.5) is 0 Å². The first-order valence-corrected chi connectivity index (χ1v) is 11.1. The van der Waals surface area contributed by atoms with Crippen LogP contribution in [-0.2, 0) is 20.6 Å². The van der Waals surface area contributed by atoms with Crippen molar-refractivity contribution < 1.29 is 14.2 Å². The van der Waals surface area contributed by atoms with Crippen LogP contribution in [0.2, 0.25) is 5.02 Å². The van der Waals surface area contributed by atoms with E-state index in [0.717, 1.165) is 33.8 Å². The van der Waals surface area contributed by atoms with E-state index >= 15 is 0 Å². The van der Waals surface area contributed by atoms with Crippen molar-refractivity contribution in [2.75, 3.05) is 20.5 Å². The van der Waals surface area contributed by atoms with Gasteiger partial charge >= 0.3 is 0 Å². The summed E-state index contributed by atoms with van der Waals surface area (Å²) in [6, 6.07) is 10.3. The molecule has 1 aliphatic rings. The van der Waals surface area contributed by atoms with Crippen LogP contribution < -0.4 is 0 Å². The van der Waals surface area contributed by atoms with Crippen LogP contribution in [0.25, 0.3) is 5.65 Å². The predicted molar refractivity (Wildman–Crippen MR) is 120 cm³/mol. The molecule has 6 nitrogen and oxygen atoms in total. The molecule has 3 aromatic rings. The number of nitrogens with zero attached hydrogens (tertiary/aromatic N) is 3. The predicted octanol–water partition coefficient (Wildman–Crippen LogP) is 4.94. The summed E-state index contributed by atoms with van der Waals surface area (Å²) in [6.45, 7) is 7.62. The second kappa shape index (κ2) is 9.65. The number of ether oxygens (including phenoxy) is 3. The molecule has 1 saturated heterocycles. The second-order valence-electron chi connectivity index (χ2n) is 8.58. The van der Waals surface area contributed by atoms with Gasteiger partial charge in [0.2, 0.25) is 0 Å². The molecule has 0 spiro atoms. The van der Waals surface area contributed by atoms with Gasteiger partial charge in [0.05, 0.1) is 18.8 Å². The average molecular weight is 444 g/mol. The van der Waals surface area contributed by atoms with E-state index in [0.29, 0.717) is 24.4 Å². The van der Waals surface area contributed by atoms with Gasteiger partial charge in [-0.2, -0.15) is 5.10 Å². The molecule has 1 fully saturated rings. The van der Waals surface area contributed by atoms with E-state index in [1.807, 2.05) is 18.3 Å². The van der Waals surface area contributed by atoms with Crippen LogP contribution >= 0.6 is 11.6 Å². The summed E-state index contributed by atoms with van der Waals surface area (Å²) < 4.78 is 19.0. The molecule has 1 aromatic carbocycles. The summed E-state index contributed by atoms with van der Waals surface area (Å²) in [5.41, 5.74) is 4.19. The molecule has 166 valence electrons. The second-order valence-corrected chi connectivity index (χ2v) is 8.98. The zero-order valence-electron chi connectivity index (χ0n) is 18.5. The van der Waals surface area contributed by atoms with Crippen molar-refractivity contribution >= 4 is 17.2 Å². The van der Waals surface area contributed by atoms with E-state index in [4.69, 9.17) is 25.8 Å². The van der Waals surface area contributed by atoms with Crippen molar-refractivity contribution in [1.82, 2.24) is 14.6 Å². The van der Waals surface area contributed by atoms with Gasteiger partial charge in [-0.1, -0.05) is 50.6 Å². The van der Waals surface area contributed by atoms with E-state index in [1.54, 1.807) is 18.0 Å². The van der Waals surface area contributed by atoms with Crippen molar-refractivity contribution in [2.24, 2.45) is 17.8 Å². The zero-order chi connectivity index (χ0) is 22.0. The maximum absolute atomic E-state index is 6.57. The SMILES string of the molecule is COCOCC1O[C@@H](c2ccc(Cl)c(Cc3ccc4ncnn4c3)c2)C(C)[C@@H](C)[C@@H]1C. The normalized spacial score (nSPS) is 26.4. The summed E-state index contributed by atoms with van der Waals surface area (Å²) in [5.74, 6) is 1.29. The van der Waals surface area contributed by atoms with Crippen LogP contribution in [0.15, 0.2) is 42.9 Å². The largest absolute Gasteiger partial charge is 0.367 e. The lowest BCUT2D eigenvalue weighted by Crippen LogP contribution is -2.43. The van der Waals surface area contributed by atoms with Crippen LogP contribution in [0.1, 0.15) is 43.6 Å². The molecule has 0 N–H and O–H groups in total. The first-order chi connectivity index (χ1) is 15.0. The van der Waals surface area contributed by atoms with Crippen LogP contribution in [0, 0.1) is 17.8 Å². The molecule has 31 heavy (non-hydrogen) atoms. The molecule has 0 aliphatic carbocycles. The minimum absolute atomic E-state index is 0.00356. The molecule has 4 rings (SSSR count). The first kappa shape index (κ1) is 22.2. The number of benzene rings is 1. The Morgan fingerprint density at radius 2 is 1.94 bits per heavy atom. The number of halogens is 1. The van der Waals surface area contributed by atoms with Gasteiger partial charge in [-0.25, -0.2) is 9.50 Å². The van der Waals surface area contributed by atoms with Gasteiger partial charge in [0.1, 0.15) is 13.1 Å². The van der Waals surface area contributed by atoms with E-state index in [2.05, 4.69) is 49.1 Å². The van der Waals surface area contributed by atoms with Gasteiger partial charge in [-0.05, 0) is 46.6 Å². The standard InChI is InChI=1S/C24H30ClN3O3/c1-15-16(2)22(12-30-14-29-4)31-24(17(15)3)19-6-7-21(25)20(10-19)9-18-5-8-23-26-13-27-28(23)11-18/h5-8,10-11,13,15-17,22,24H,9,12,14H2,1-4H3/t15-,16-,17?,22?,24+/m0/s1. The fourth-order valence-corrected chi connectivity index (χ4v) is 4.63. The van der Waals surface area contributed by atoms with Gasteiger partial charge < -0.3 is 14.2 Å². The molecular weight excluding hydrogens is 414 g/mol. The Labute approximate surface area is 188 Å². The monoisotopic (exact) mass is 443 g/mol. The Balaban J connectivity index is 1.56. The molecule has 3 heterocycles. The summed E-state index contributed by atoms with van der Waals surface area (Å²) in [7, 11) is 1.63. The third-order valence-corrected chi connectivity index (χ3v) is 7.02. The minimum Gasteiger partial charge on any atom is -0.367 e. The quantitative estimate of drug-likeness (QED) is 0.382. The molecule has 2 aromatic heterocycles. The number of aromatic nitrogens is 3. The van der Waals surface area contributed by atoms with Crippen molar-refractivity contribution in [3.05, 3.63) is 64.6 Å². The van der Waals surface area contributed by atoms with E-state index in [9.17, 15) is 0 Å². The van der Waals surface area contributed by atoms with Crippen LogP contribution in [0.3, 0.4) is 0 Å². The third-order valence-electron chi connectivity index (χ3n) is 6.66. The Bertz CT molecular complexity index is 1020. The van der Waals surface area contributed by atoms with Gasteiger partial charge in [0, 0.05) is 24.8 Å². The molecule has 5 atom stereocenters. The van der Waals surface area contributed by atoms with Crippen LogP contribution in [0.5, 0.6) is 0 Å². The topological polar surface area (TPSA) is 57.9 Å². The van der Waals surface area contributed by atoms with Gasteiger partial charge in [0.15, 0.2) is 5.65 Å². The third kappa shape index (κ3) is 4.77. The summed E-state index contributed by atoms with van der Waals surface area (Å²) in [6.07, 6.45) is 4.30. The smallest absolute Gasteiger partial charge is 0.155 e. The van der Waals surface area contributed by atoms with Crippen molar-refractivity contribution in [1.29, 1.82) is 0 Å². The summed E-state index contributed by atoms with van der Waals surface area (Å²) in [5, 5.41) is 4.99. The highest BCUT2D eigenvalue weighted by Crippen LogP contribution is 2.43. The maximum atomic E-state index is 6.57. The van der Waals surface area contributed by atoms with E-state index in [-0.39, 0.29) is 19.0 Å². The lowest BCUT2D eigenvalue weighted by Gasteiger charge is -2.44. The van der Waals surface area contributed by atoms with Crippen molar-refractivity contribution in [3.63, 3.8) is 0 Å². The Morgan fingerprint density at radius 1 is 1.10 bits per heavy atom. The summed E-state index contributed by atoms with van der Waals surface area (Å²) in [4.78, 5) is 4.21. The first-order valence-electron chi connectivity index (χ1n) is 10.8. The Kier molecular flexibility index (Phi) is 6.92. The molecule has 0 saturated carbocycles. The fourth-order valence-electron chi connectivity index (χ4n) is 4.44. The molecule has 2 unspecified atom stereocenters. The number of rotatable bonds is 7. The lowest BCUT2D eigenvalue weighted by molar-refractivity contribution is -0.171. The van der Waals surface area contributed by atoms with E-state index in [1.165, 1.54) is 0 Å². The highest BCUT2D eigenvalue weighted by molar-refractivity contribution is 6.31. The molecule has 1 aliphatic heterocycles. The van der Waals surface area contributed by atoms with Crippen molar-refractivity contribution in [2.45, 2.75) is 39.4 Å². The Morgan fingerprint density at radius 3 is 2.74 bits per heavy atom. The number of methoxy groups -OCH3 is 1. The molecular formula is C24H30ClN3O3. The minimum atomic E-state index is -0.00356. The highest BCUT2D eigenvalue weighted by atomic mass is 35.5. The number of pyridine rings is 1. The van der Waals surface area contributed by atoms with Gasteiger partial charge in [0.25, 0.3) is 0 Å². The average Bonchev–Trinajstić information content (AvgIpc) is 3.23. The number of fused-ring (bicyclic) bond motifs is 1. The summed E-state index contributed by atoms with van der Waals surface area (Å²) >= 11 is 6.57. The highest BCUT2D eigenvalue weighted by Gasteiger charge is 2.39.